The van der Waals surface area contributed by atoms with Gasteiger partial charge in [-0.25, -0.2) is 0 Å². The summed E-state index contributed by atoms with van der Waals surface area (Å²) in [5.41, 5.74) is 9.68. The summed E-state index contributed by atoms with van der Waals surface area (Å²) in [6.45, 7) is 4.86. The van der Waals surface area contributed by atoms with E-state index in [1.54, 1.807) is 16.2 Å². The van der Waals surface area contributed by atoms with Crippen LogP contribution in [0.25, 0.3) is 10.4 Å². The van der Waals surface area contributed by atoms with Crippen LogP contribution in [0.5, 0.6) is 0 Å². The number of likely N-dealkylation sites (tertiary alicyclic amines) is 1. The van der Waals surface area contributed by atoms with Gasteiger partial charge in [-0.2, -0.15) is 5.10 Å². The first-order valence-electron chi connectivity index (χ1n) is 10.7. The average Bonchev–Trinajstić information content (AvgIpc) is 3.43. The zero-order chi connectivity index (χ0) is 22.0. The fourth-order valence-corrected chi connectivity index (χ4v) is 5.37. The predicted molar refractivity (Wildman–Crippen MR) is 123 cm³/mol. The van der Waals surface area contributed by atoms with Crippen molar-refractivity contribution in [3.63, 3.8) is 0 Å². The Labute approximate surface area is 186 Å². The number of nitrogens with two attached hydrogens (primary N) is 1. The number of benzene rings is 1. The van der Waals surface area contributed by atoms with E-state index in [1.807, 2.05) is 37.4 Å². The van der Waals surface area contributed by atoms with Crippen LogP contribution in [0.3, 0.4) is 0 Å². The summed E-state index contributed by atoms with van der Waals surface area (Å²) >= 11 is 1.68. The number of primary amides is 1. The minimum Gasteiger partial charge on any atom is -0.369 e. The maximum absolute atomic E-state index is 13.3. The number of nitrogens with zero attached hydrogens (tertiary/aromatic N) is 2. The van der Waals surface area contributed by atoms with Gasteiger partial charge in [-0.15, -0.1) is 11.3 Å². The molecular weight excluding hydrogens is 408 g/mol. The average molecular weight is 437 g/mol. The highest BCUT2D eigenvalue weighted by atomic mass is 32.1. The third-order valence-electron chi connectivity index (χ3n) is 6.39. The molecule has 7 heteroatoms. The number of aromatic amines is 1. The number of rotatable bonds is 6. The molecule has 2 amide bonds. The smallest absolute Gasteiger partial charge is 0.274 e. The first kappa shape index (κ1) is 21.3. The lowest BCUT2D eigenvalue weighted by Gasteiger charge is -2.41. The van der Waals surface area contributed by atoms with Crippen LogP contribution >= 0.6 is 11.3 Å². The maximum Gasteiger partial charge on any atom is 0.274 e. The summed E-state index contributed by atoms with van der Waals surface area (Å²) in [6, 6.07) is 12.3. The normalized spacial score (nSPS) is 18.8. The van der Waals surface area contributed by atoms with Gasteiger partial charge in [0.2, 0.25) is 5.91 Å². The number of hydrogen-bond donors (Lipinski definition) is 2. The molecule has 1 aliphatic rings. The van der Waals surface area contributed by atoms with Crippen LogP contribution in [0.1, 0.15) is 47.1 Å². The number of aryl methyl sites for hydroxylation is 1. The molecule has 3 N–H and O–H groups in total. The highest BCUT2D eigenvalue weighted by Gasteiger charge is 2.43. The van der Waals surface area contributed by atoms with E-state index in [0.717, 1.165) is 35.2 Å². The number of thiophene rings is 1. The van der Waals surface area contributed by atoms with Crippen molar-refractivity contribution in [3.05, 3.63) is 64.3 Å². The van der Waals surface area contributed by atoms with Crippen LogP contribution in [0, 0.1) is 12.3 Å². The number of amides is 2. The maximum atomic E-state index is 13.3. The van der Waals surface area contributed by atoms with Gasteiger partial charge in [0.1, 0.15) is 0 Å². The van der Waals surface area contributed by atoms with E-state index in [1.165, 1.54) is 4.88 Å². The second kappa shape index (κ2) is 8.67. The van der Waals surface area contributed by atoms with Gasteiger partial charge in [0, 0.05) is 29.2 Å². The second-order valence-corrected chi connectivity index (χ2v) is 9.26. The molecule has 1 atom stereocenters. The Morgan fingerprint density at radius 3 is 2.74 bits per heavy atom. The van der Waals surface area contributed by atoms with Crippen molar-refractivity contribution >= 4 is 23.2 Å². The first-order valence-corrected chi connectivity index (χ1v) is 11.6. The van der Waals surface area contributed by atoms with Crippen molar-refractivity contribution < 1.29 is 9.59 Å². The van der Waals surface area contributed by atoms with Crippen LogP contribution in [0.4, 0.5) is 0 Å². The molecule has 3 aromatic rings. The van der Waals surface area contributed by atoms with Crippen LogP contribution in [-0.2, 0) is 17.6 Å². The molecule has 1 aromatic carbocycles. The Kier molecular flexibility index (Phi) is 5.96. The molecule has 6 nitrogen and oxygen atoms in total. The molecule has 31 heavy (non-hydrogen) atoms. The topological polar surface area (TPSA) is 92.1 Å². The molecule has 0 aliphatic carbocycles. The lowest BCUT2D eigenvalue weighted by molar-refractivity contribution is -0.130. The predicted octanol–water partition coefficient (Wildman–Crippen LogP) is 3.96. The van der Waals surface area contributed by atoms with Crippen molar-refractivity contribution in [3.8, 4) is 10.4 Å². The highest BCUT2D eigenvalue weighted by Crippen LogP contribution is 2.38. The summed E-state index contributed by atoms with van der Waals surface area (Å²) in [4.78, 5) is 28.9. The molecule has 0 bridgehead atoms. The fourth-order valence-electron chi connectivity index (χ4n) is 4.59. The Balaban J connectivity index is 1.64. The standard InChI is InChI=1S/C24H28N4O2S/c1-3-19-16(2)21(27-26-19)22(29)28-12-7-11-24(15-28,23(25)30)14-17-8-4-5-9-18(17)20-10-6-13-31-20/h4-6,8-10,13H,3,7,11-12,14-15H2,1-2H3,(H2,25,30)(H,26,27). The minimum atomic E-state index is -0.793. The van der Waals surface area contributed by atoms with Gasteiger partial charge >= 0.3 is 0 Å². The molecule has 0 spiro atoms. The van der Waals surface area contributed by atoms with E-state index in [4.69, 9.17) is 5.73 Å². The molecule has 0 radical (unpaired) electrons. The molecule has 2 aromatic heterocycles. The van der Waals surface area contributed by atoms with Crippen LogP contribution < -0.4 is 5.73 Å². The summed E-state index contributed by atoms with van der Waals surface area (Å²) < 4.78 is 0. The van der Waals surface area contributed by atoms with E-state index in [2.05, 4.69) is 28.4 Å². The number of aromatic nitrogens is 2. The lowest BCUT2D eigenvalue weighted by atomic mass is 9.73. The fraction of sp³-hybridized carbons (Fsp3) is 0.375. The van der Waals surface area contributed by atoms with Crippen molar-refractivity contribution in [1.82, 2.24) is 15.1 Å². The van der Waals surface area contributed by atoms with Crippen molar-refractivity contribution in [2.45, 2.75) is 39.5 Å². The molecule has 162 valence electrons. The molecule has 1 saturated heterocycles. The van der Waals surface area contributed by atoms with Gasteiger partial charge in [0.15, 0.2) is 5.69 Å². The zero-order valence-electron chi connectivity index (χ0n) is 18.0. The van der Waals surface area contributed by atoms with Gasteiger partial charge in [-0.3, -0.25) is 14.7 Å². The Morgan fingerprint density at radius 1 is 1.26 bits per heavy atom. The molecule has 0 saturated carbocycles. The first-order chi connectivity index (χ1) is 14.9. The number of H-pyrrole nitrogens is 1. The molecular formula is C24H28N4O2S. The van der Waals surface area contributed by atoms with Gasteiger partial charge in [-0.1, -0.05) is 37.3 Å². The SMILES string of the molecule is CCc1[nH]nc(C(=O)N2CCCC(Cc3ccccc3-c3cccs3)(C(N)=O)C2)c1C. The summed E-state index contributed by atoms with van der Waals surface area (Å²) in [6.07, 6.45) is 2.71. The summed E-state index contributed by atoms with van der Waals surface area (Å²) in [7, 11) is 0. The van der Waals surface area contributed by atoms with E-state index < -0.39 is 5.41 Å². The Bertz CT molecular complexity index is 1090. The Hall–Kier alpha value is -2.93. The van der Waals surface area contributed by atoms with Crippen molar-refractivity contribution in [2.24, 2.45) is 11.1 Å². The van der Waals surface area contributed by atoms with E-state index in [9.17, 15) is 9.59 Å². The van der Waals surface area contributed by atoms with E-state index >= 15 is 0 Å². The Morgan fingerprint density at radius 2 is 2.06 bits per heavy atom. The summed E-state index contributed by atoms with van der Waals surface area (Å²) in [5, 5.41) is 9.27. The van der Waals surface area contributed by atoms with Gasteiger partial charge < -0.3 is 10.6 Å². The third-order valence-corrected chi connectivity index (χ3v) is 7.29. The molecule has 3 heterocycles. The van der Waals surface area contributed by atoms with Crippen LogP contribution in [-0.4, -0.2) is 40.0 Å². The van der Waals surface area contributed by atoms with Crippen LogP contribution in [0.2, 0.25) is 0 Å². The van der Waals surface area contributed by atoms with Gasteiger partial charge in [-0.05, 0) is 55.2 Å². The van der Waals surface area contributed by atoms with Crippen LogP contribution in [0.15, 0.2) is 41.8 Å². The number of nitrogens with one attached hydrogen (secondary N) is 1. The lowest BCUT2D eigenvalue weighted by Crippen LogP contribution is -2.53. The minimum absolute atomic E-state index is 0.134. The molecule has 1 unspecified atom stereocenters. The van der Waals surface area contributed by atoms with Crippen molar-refractivity contribution in [2.75, 3.05) is 13.1 Å². The van der Waals surface area contributed by atoms with Gasteiger partial charge in [0.05, 0.1) is 5.41 Å². The third kappa shape index (κ3) is 4.02. The van der Waals surface area contributed by atoms with E-state index in [-0.39, 0.29) is 11.8 Å². The largest absolute Gasteiger partial charge is 0.369 e. The molecule has 4 rings (SSSR count). The quantitative estimate of drug-likeness (QED) is 0.613. The number of hydrogen-bond acceptors (Lipinski definition) is 4. The number of carbonyl (C=O) groups is 2. The monoisotopic (exact) mass is 436 g/mol. The number of piperidine rings is 1. The highest BCUT2D eigenvalue weighted by molar-refractivity contribution is 7.13. The molecule has 1 fully saturated rings. The van der Waals surface area contributed by atoms with Gasteiger partial charge in [0.25, 0.3) is 5.91 Å². The van der Waals surface area contributed by atoms with E-state index in [0.29, 0.717) is 31.6 Å². The number of carbonyl (C=O) groups excluding carboxylic acids is 2. The summed E-state index contributed by atoms with van der Waals surface area (Å²) in [5.74, 6) is -0.482. The zero-order valence-corrected chi connectivity index (χ0v) is 18.8. The van der Waals surface area contributed by atoms with Crippen molar-refractivity contribution in [1.29, 1.82) is 0 Å². The molecule has 1 aliphatic heterocycles. The second-order valence-electron chi connectivity index (χ2n) is 8.32.